The number of carbonyl (C=O) groups excluding carboxylic acids is 2. The minimum Gasteiger partial charge on any atom is -0.448 e. The van der Waals surface area contributed by atoms with Crippen molar-refractivity contribution in [3.63, 3.8) is 0 Å². The molecule has 0 radical (unpaired) electrons. The molecule has 1 atom stereocenters. The first-order valence-corrected chi connectivity index (χ1v) is 5.71. The molecule has 0 aromatic rings. The summed E-state index contributed by atoms with van der Waals surface area (Å²) in [6.45, 7) is 6.21. The maximum Gasteiger partial charge on any atom is 0.410 e. The third-order valence-corrected chi connectivity index (χ3v) is 2.42. The summed E-state index contributed by atoms with van der Waals surface area (Å²) in [4.78, 5) is 24.0. The average molecular weight is 244 g/mol. The van der Waals surface area contributed by atoms with Crippen molar-refractivity contribution in [2.75, 3.05) is 13.2 Å². The van der Waals surface area contributed by atoms with E-state index < -0.39 is 11.7 Å². The van der Waals surface area contributed by atoms with Crippen molar-refractivity contribution in [3.8, 4) is 0 Å². The van der Waals surface area contributed by atoms with Gasteiger partial charge in [-0.1, -0.05) is 0 Å². The molecule has 0 aliphatic carbocycles. The van der Waals surface area contributed by atoms with E-state index in [0.29, 0.717) is 6.54 Å². The highest BCUT2D eigenvalue weighted by atomic mass is 16.6. The molecule has 0 bridgehead atoms. The smallest absolute Gasteiger partial charge is 0.410 e. The standard InChI is InChI=1S/C11H20N2O4/c1-11(2,3)17-10(15)13-6-4-5-8(13)7-16-9(12)14/h8H,4-7H2,1-3H3,(H2,12,14). The summed E-state index contributed by atoms with van der Waals surface area (Å²) in [6, 6.07) is -0.127. The number of hydrogen-bond donors (Lipinski definition) is 1. The van der Waals surface area contributed by atoms with E-state index in [0.717, 1.165) is 12.8 Å². The predicted octanol–water partition coefficient (Wildman–Crippen LogP) is 1.48. The Hall–Kier alpha value is -1.46. The Morgan fingerprint density at radius 3 is 2.59 bits per heavy atom. The molecule has 6 heteroatoms. The van der Waals surface area contributed by atoms with Crippen LogP contribution in [0.1, 0.15) is 33.6 Å². The molecule has 0 saturated carbocycles. The zero-order valence-corrected chi connectivity index (χ0v) is 10.6. The van der Waals surface area contributed by atoms with Crippen LogP contribution in [0.15, 0.2) is 0 Å². The van der Waals surface area contributed by atoms with E-state index in [9.17, 15) is 9.59 Å². The Morgan fingerprint density at radius 2 is 2.06 bits per heavy atom. The molecule has 0 aromatic carbocycles. The monoisotopic (exact) mass is 244 g/mol. The van der Waals surface area contributed by atoms with Crippen LogP contribution in [-0.2, 0) is 9.47 Å². The fraction of sp³-hybridized carbons (Fsp3) is 0.818. The Labute approximate surface area is 101 Å². The van der Waals surface area contributed by atoms with Crippen LogP contribution in [0.4, 0.5) is 9.59 Å². The maximum absolute atomic E-state index is 11.8. The first kappa shape index (κ1) is 13.6. The van der Waals surface area contributed by atoms with Crippen molar-refractivity contribution >= 4 is 12.2 Å². The van der Waals surface area contributed by atoms with Crippen LogP contribution < -0.4 is 5.73 Å². The summed E-state index contributed by atoms with van der Waals surface area (Å²) in [5.74, 6) is 0. The van der Waals surface area contributed by atoms with Crippen molar-refractivity contribution in [2.24, 2.45) is 5.73 Å². The summed E-state index contributed by atoms with van der Waals surface area (Å²) in [5, 5.41) is 0. The second-order valence-electron chi connectivity index (χ2n) is 5.10. The normalized spacial score (nSPS) is 20.2. The van der Waals surface area contributed by atoms with Gasteiger partial charge < -0.3 is 20.1 Å². The Balaban J connectivity index is 2.51. The Morgan fingerprint density at radius 1 is 1.41 bits per heavy atom. The molecule has 0 aromatic heterocycles. The van der Waals surface area contributed by atoms with Gasteiger partial charge in [-0.15, -0.1) is 0 Å². The number of hydrogen-bond acceptors (Lipinski definition) is 4. The van der Waals surface area contributed by atoms with E-state index in [2.05, 4.69) is 0 Å². The molecule has 1 aliphatic rings. The van der Waals surface area contributed by atoms with Gasteiger partial charge in [-0.05, 0) is 33.6 Å². The zero-order valence-electron chi connectivity index (χ0n) is 10.6. The van der Waals surface area contributed by atoms with Crippen LogP contribution in [0.25, 0.3) is 0 Å². The second kappa shape index (κ2) is 5.25. The zero-order chi connectivity index (χ0) is 13.1. The van der Waals surface area contributed by atoms with Gasteiger partial charge in [-0.25, -0.2) is 9.59 Å². The van der Waals surface area contributed by atoms with Gasteiger partial charge in [0.05, 0.1) is 6.04 Å². The lowest BCUT2D eigenvalue weighted by Gasteiger charge is -2.28. The number of primary amides is 1. The summed E-state index contributed by atoms with van der Waals surface area (Å²) in [7, 11) is 0. The van der Waals surface area contributed by atoms with Gasteiger partial charge in [0.1, 0.15) is 12.2 Å². The molecule has 0 spiro atoms. The number of nitrogens with zero attached hydrogens (tertiary/aromatic N) is 1. The summed E-state index contributed by atoms with van der Waals surface area (Å²) in [5.41, 5.74) is 4.38. The van der Waals surface area contributed by atoms with Gasteiger partial charge in [0.2, 0.25) is 0 Å². The Kier molecular flexibility index (Phi) is 4.20. The molecule has 1 saturated heterocycles. The molecular formula is C11H20N2O4. The number of rotatable bonds is 2. The van der Waals surface area contributed by atoms with Gasteiger partial charge >= 0.3 is 12.2 Å². The number of nitrogens with two attached hydrogens (primary N) is 1. The van der Waals surface area contributed by atoms with Gasteiger partial charge in [0.25, 0.3) is 0 Å². The van der Waals surface area contributed by atoms with Gasteiger partial charge in [0.15, 0.2) is 0 Å². The van der Waals surface area contributed by atoms with Crippen LogP contribution in [0.3, 0.4) is 0 Å². The lowest BCUT2D eigenvalue weighted by atomic mass is 10.2. The molecule has 1 unspecified atom stereocenters. The third-order valence-electron chi connectivity index (χ3n) is 2.42. The fourth-order valence-electron chi connectivity index (χ4n) is 1.75. The largest absolute Gasteiger partial charge is 0.448 e. The number of likely N-dealkylation sites (tertiary alicyclic amines) is 1. The topological polar surface area (TPSA) is 81.9 Å². The summed E-state index contributed by atoms with van der Waals surface area (Å²) >= 11 is 0. The first-order chi connectivity index (χ1) is 7.79. The molecule has 17 heavy (non-hydrogen) atoms. The molecule has 1 rings (SSSR count). The highest BCUT2D eigenvalue weighted by molar-refractivity contribution is 5.69. The van der Waals surface area contributed by atoms with Crippen LogP contribution in [-0.4, -0.2) is 41.9 Å². The van der Waals surface area contributed by atoms with Crippen molar-refractivity contribution < 1.29 is 19.1 Å². The molecule has 1 aliphatic heterocycles. The molecule has 6 nitrogen and oxygen atoms in total. The van der Waals surface area contributed by atoms with Gasteiger partial charge in [-0.3, -0.25) is 0 Å². The SMILES string of the molecule is CC(C)(C)OC(=O)N1CCCC1COC(N)=O. The summed E-state index contributed by atoms with van der Waals surface area (Å²) < 4.78 is 10.00. The van der Waals surface area contributed by atoms with E-state index in [1.807, 2.05) is 20.8 Å². The maximum atomic E-state index is 11.8. The van der Waals surface area contributed by atoms with Crippen molar-refractivity contribution in [3.05, 3.63) is 0 Å². The molecule has 1 heterocycles. The molecule has 98 valence electrons. The van der Waals surface area contributed by atoms with Crippen molar-refractivity contribution in [1.82, 2.24) is 4.90 Å². The van der Waals surface area contributed by atoms with Crippen LogP contribution >= 0.6 is 0 Å². The lowest BCUT2D eigenvalue weighted by molar-refractivity contribution is 0.0163. The summed E-state index contributed by atoms with van der Waals surface area (Å²) in [6.07, 6.45) is 0.493. The van der Waals surface area contributed by atoms with E-state index in [1.54, 1.807) is 4.90 Å². The molecule has 1 fully saturated rings. The average Bonchev–Trinajstić information content (AvgIpc) is 2.59. The third kappa shape index (κ3) is 4.50. The Bertz CT molecular complexity index is 298. The minimum absolute atomic E-state index is 0.127. The number of ether oxygens (including phenoxy) is 2. The molecular weight excluding hydrogens is 224 g/mol. The number of amides is 2. The first-order valence-electron chi connectivity index (χ1n) is 5.71. The van der Waals surface area contributed by atoms with Crippen LogP contribution in [0.5, 0.6) is 0 Å². The lowest BCUT2D eigenvalue weighted by Crippen LogP contribution is -2.42. The predicted molar refractivity (Wildman–Crippen MR) is 61.5 cm³/mol. The van der Waals surface area contributed by atoms with Gasteiger partial charge in [0, 0.05) is 6.54 Å². The number of carbonyl (C=O) groups is 2. The van der Waals surface area contributed by atoms with Crippen molar-refractivity contribution in [1.29, 1.82) is 0 Å². The van der Waals surface area contributed by atoms with E-state index >= 15 is 0 Å². The van der Waals surface area contributed by atoms with Crippen molar-refractivity contribution in [2.45, 2.75) is 45.3 Å². The molecule has 2 amide bonds. The van der Waals surface area contributed by atoms with Crippen LogP contribution in [0, 0.1) is 0 Å². The second-order valence-corrected chi connectivity index (χ2v) is 5.10. The van der Waals surface area contributed by atoms with E-state index in [-0.39, 0.29) is 18.7 Å². The van der Waals surface area contributed by atoms with E-state index in [4.69, 9.17) is 15.2 Å². The van der Waals surface area contributed by atoms with E-state index in [1.165, 1.54) is 0 Å². The minimum atomic E-state index is -0.818. The highest BCUT2D eigenvalue weighted by Crippen LogP contribution is 2.20. The van der Waals surface area contributed by atoms with Crippen LogP contribution in [0.2, 0.25) is 0 Å². The van der Waals surface area contributed by atoms with Gasteiger partial charge in [-0.2, -0.15) is 0 Å². The molecule has 2 N–H and O–H groups in total. The highest BCUT2D eigenvalue weighted by Gasteiger charge is 2.32. The fourth-order valence-corrected chi connectivity index (χ4v) is 1.75. The quantitative estimate of drug-likeness (QED) is 0.797.